The van der Waals surface area contributed by atoms with Gasteiger partial charge >= 0.3 is 0 Å². The molecule has 4 rings (SSSR count). The third kappa shape index (κ3) is 4.82. The zero-order valence-electron chi connectivity index (χ0n) is 19.0. The Morgan fingerprint density at radius 2 is 2.20 bits per heavy atom. The van der Waals surface area contributed by atoms with Crippen molar-refractivity contribution in [1.29, 1.82) is 0 Å². The van der Waals surface area contributed by atoms with Crippen LogP contribution in [0.3, 0.4) is 0 Å². The van der Waals surface area contributed by atoms with Crippen molar-refractivity contribution >= 4 is 5.91 Å². The molecule has 3 saturated heterocycles. The number of nitrogens with one attached hydrogen (secondary N) is 1. The number of carbonyl (C=O) groups is 1. The van der Waals surface area contributed by atoms with Crippen molar-refractivity contribution in [3.63, 3.8) is 0 Å². The summed E-state index contributed by atoms with van der Waals surface area (Å²) in [7, 11) is 3.92. The molecule has 1 saturated carbocycles. The predicted molar refractivity (Wildman–Crippen MR) is 116 cm³/mol. The Morgan fingerprint density at radius 3 is 2.83 bits per heavy atom. The van der Waals surface area contributed by atoms with Crippen molar-refractivity contribution in [3.05, 3.63) is 23.3 Å². The number of methoxy groups -OCH3 is 1. The highest BCUT2D eigenvalue weighted by Crippen LogP contribution is 2.54. The average molecular weight is 419 g/mol. The largest absolute Gasteiger partial charge is 0.377 e. The van der Waals surface area contributed by atoms with Gasteiger partial charge < -0.3 is 24.4 Å². The van der Waals surface area contributed by atoms with Crippen molar-refractivity contribution in [2.75, 3.05) is 33.9 Å². The lowest BCUT2D eigenvalue weighted by Gasteiger charge is -2.37. The van der Waals surface area contributed by atoms with Gasteiger partial charge in [-0.15, -0.1) is 0 Å². The maximum Gasteiger partial charge on any atom is 0.244 e. The molecule has 3 heterocycles. The molecule has 6 atom stereocenters. The molecule has 0 radical (unpaired) electrons. The summed E-state index contributed by atoms with van der Waals surface area (Å²) < 4.78 is 17.9. The van der Waals surface area contributed by atoms with E-state index in [1.165, 1.54) is 25.0 Å². The van der Waals surface area contributed by atoms with Crippen LogP contribution in [0.2, 0.25) is 0 Å². The smallest absolute Gasteiger partial charge is 0.244 e. The molecular formula is C24H38N2O4. The van der Waals surface area contributed by atoms with Crippen LogP contribution in [-0.2, 0) is 19.0 Å². The van der Waals surface area contributed by atoms with Crippen LogP contribution < -0.4 is 5.32 Å². The molecule has 1 aliphatic carbocycles. The summed E-state index contributed by atoms with van der Waals surface area (Å²) in [6.07, 6.45) is 10.5. The van der Waals surface area contributed by atoms with E-state index in [1.807, 2.05) is 0 Å². The van der Waals surface area contributed by atoms with E-state index in [2.05, 4.69) is 37.2 Å². The minimum absolute atomic E-state index is 0.00285. The monoisotopic (exact) mass is 418 g/mol. The zero-order chi connectivity index (χ0) is 21.3. The second-order valence-corrected chi connectivity index (χ2v) is 9.77. The molecule has 6 heteroatoms. The quantitative estimate of drug-likeness (QED) is 0.373. The van der Waals surface area contributed by atoms with Gasteiger partial charge in [0.15, 0.2) is 0 Å². The SMILES string of the molecule is CO[C@@H]1/C(=C\C(=O)NCCC2CCCN2C)CCC2(CO2)C1C1OC1CC=C(C)C. The Kier molecular flexibility index (Phi) is 6.68. The van der Waals surface area contributed by atoms with E-state index in [4.69, 9.17) is 14.2 Å². The highest BCUT2D eigenvalue weighted by atomic mass is 16.6. The molecule has 6 nitrogen and oxygen atoms in total. The maximum atomic E-state index is 12.6. The number of amides is 1. The molecule has 0 bridgehead atoms. The third-order valence-corrected chi connectivity index (χ3v) is 7.40. The molecule has 1 amide bonds. The lowest BCUT2D eigenvalue weighted by molar-refractivity contribution is -0.116. The minimum Gasteiger partial charge on any atom is -0.377 e. The number of rotatable bonds is 8. The van der Waals surface area contributed by atoms with Crippen LogP contribution in [0.1, 0.15) is 52.4 Å². The van der Waals surface area contributed by atoms with Gasteiger partial charge in [0.05, 0.1) is 24.9 Å². The van der Waals surface area contributed by atoms with Crippen molar-refractivity contribution in [2.24, 2.45) is 5.92 Å². The van der Waals surface area contributed by atoms with Gasteiger partial charge in [-0.1, -0.05) is 11.6 Å². The van der Waals surface area contributed by atoms with Gasteiger partial charge in [0, 0.05) is 31.7 Å². The summed E-state index contributed by atoms with van der Waals surface area (Å²) in [5.41, 5.74) is 2.27. The van der Waals surface area contributed by atoms with Crippen molar-refractivity contribution in [2.45, 2.75) is 82.3 Å². The van der Waals surface area contributed by atoms with Crippen LogP contribution in [0.4, 0.5) is 0 Å². The number of likely N-dealkylation sites (tertiary alicyclic amines) is 1. The molecule has 30 heavy (non-hydrogen) atoms. The summed E-state index contributed by atoms with van der Waals surface area (Å²) in [5.74, 6) is 0.162. The fourth-order valence-electron chi connectivity index (χ4n) is 5.46. The first kappa shape index (κ1) is 22.0. The first-order valence-electron chi connectivity index (χ1n) is 11.6. The Morgan fingerprint density at radius 1 is 1.40 bits per heavy atom. The number of epoxide rings is 2. The highest BCUT2D eigenvalue weighted by Gasteiger charge is 2.65. The minimum atomic E-state index is -0.119. The standard InChI is InChI=1S/C24H38N2O4/c1-16(2)7-8-19-23(30-19)21-22(28-4)17(9-11-24(21)15-29-24)14-20(27)25-12-10-18-6-5-13-26(18)3/h7,14,18-19,21-23H,5-6,8-13,15H2,1-4H3,(H,25,27)/b17-14-/t18?,19?,21?,22-,23?,24?/m1/s1. The fraction of sp³-hybridized carbons (Fsp3) is 0.792. The van der Waals surface area contributed by atoms with Gasteiger partial charge in [-0.2, -0.15) is 0 Å². The topological polar surface area (TPSA) is 66.6 Å². The molecule has 0 aromatic carbocycles. The number of hydrogen-bond donors (Lipinski definition) is 1. The van der Waals surface area contributed by atoms with Crippen molar-refractivity contribution < 1.29 is 19.0 Å². The fourth-order valence-corrected chi connectivity index (χ4v) is 5.46. The van der Waals surface area contributed by atoms with E-state index in [9.17, 15) is 4.79 Å². The lowest BCUT2D eigenvalue weighted by atomic mass is 9.72. The first-order chi connectivity index (χ1) is 14.4. The summed E-state index contributed by atoms with van der Waals surface area (Å²) in [6, 6.07) is 0.598. The summed E-state index contributed by atoms with van der Waals surface area (Å²) in [6.45, 7) is 6.90. The molecule has 3 aliphatic heterocycles. The van der Waals surface area contributed by atoms with E-state index < -0.39 is 0 Å². The Bertz CT molecular complexity index is 695. The lowest BCUT2D eigenvalue weighted by Crippen LogP contribution is -2.45. The molecule has 168 valence electrons. The molecule has 1 N–H and O–H groups in total. The molecular weight excluding hydrogens is 380 g/mol. The van der Waals surface area contributed by atoms with Gasteiger partial charge in [-0.3, -0.25) is 4.79 Å². The van der Waals surface area contributed by atoms with E-state index in [0.717, 1.165) is 44.4 Å². The Hall–Kier alpha value is -1.21. The number of allylic oxidation sites excluding steroid dienone is 1. The Balaban J connectivity index is 1.36. The molecule has 5 unspecified atom stereocenters. The average Bonchev–Trinajstić information content (AvgIpc) is 3.62. The molecule has 4 aliphatic rings. The Labute approximate surface area is 181 Å². The highest BCUT2D eigenvalue weighted by molar-refractivity contribution is 5.88. The molecule has 0 aromatic rings. The molecule has 1 spiro atoms. The summed E-state index contributed by atoms with van der Waals surface area (Å²) in [5, 5.41) is 3.09. The predicted octanol–water partition coefficient (Wildman–Crippen LogP) is 2.83. The maximum absolute atomic E-state index is 12.6. The van der Waals surface area contributed by atoms with Crippen LogP contribution in [0, 0.1) is 5.92 Å². The second kappa shape index (κ2) is 9.11. The van der Waals surface area contributed by atoms with Crippen LogP contribution >= 0.6 is 0 Å². The van der Waals surface area contributed by atoms with Crippen LogP contribution in [0.25, 0.3) is 0 Å². The van der Waals surface area contributed by atoms with Crippen LogP contribution in [-0.4, -0.2) is 74.6 Å². The number of carbonyl (C=O) groups excluding carboxylic acids is 1. The summed E-state index contributed by atoms with van der Waals surface area (Å²) in [4.78, 5) is 15.0. The number of nitrogens with zero attached hydrogens (tertiary/aromatic N) is 1. The summed E-state index contributed by atoms with van der Waals surface area (Å²) >= 11 is 0. The van der Waals surface area contributed by atoms with Crippen molar-refractivity contribution in [1.82, 2.24) is 10.2 Å². The van der Waals surface area contributed by atoms with E-state index in [0.29, 0.717) is 6.04 Å². The van der Waals surface area contributed by atoms with Gasteiger partial charge in [0.2, 0.25) is 5.91 Å². The van der Waals surface area contributed by atoms with Gasteiger partial charge in [0.25, 0.3) is 0 Å². The number of ether oxygens (including phenoxy) is 3. The third-order valence-electron chi connectivity index (χ3n) is 7.40. The van der Waals surface area contributed by atoms with Gasteiger partial charge in [-0.05, 0) is 71.5 Å². The van der Waals surface area contributed by atoms with Gasteiger partial charge in [-0.25, -0.2) is 0 Å². The van der Waals surface area contributed by atoms with Crippen molar-refractivity contribution in [3.8, 4) is 0 Å². The normalized spacial score (nSPS) is 39.3. The molecule has 0 aromatic heterocycles. The van der Waals surface area contributed by atoms with Crippen LogP contribution in [0.5, 0.6) is 0 Å². The van der Waals surface area contributed by atoms with E-state index >= 15 is 0 Å². The van der Waals surface area contributed by atoms with E-state index in [-0.39, 0.29) is 35.7 Å². The van der Waals surface area contributed by atoms with Gasteiger partial charge in [0.1, 0.15) is 5.60 Å². The second-order valence-electron chi connectivity index (χ2n) is 9.77. The van der Waals surface area contributed by atoms with E-state index in [1.54, 1.807) is 13.2 Å². The number of hydrogen-bond acceptors (Lipinski definition) is 5. The first-order valence-corrected chi connectivity index (χ1v) is 11.6. The zero-order valence-corrected chi connectivity index (χ0v) is 19.0. The molecule has 4 fully saturated rings. The van der Waals surface area contributed by atoms with Crippen LogP contribution in [0.15, 0.2) is 23.3 Å².